The molecule has 0 amide bonds. The summed E-state index contributed by atoms with van der Waals surface area (Å²) in [7, 11) is 0. The van der Waals surface area contributed by atoms with Crippen LogP contribution in [0.15, 0.2) is 12.3 Å². The van der Waals surface area contributed by atoms with Gasteiger partial charge in [0.2, 0.25) is 0 Å². The fourth-order valence-corrected chi connectivity index (χ4v) is 1.96. The van der Waals surface area contributed by atoms with Gasteiger partial charge in [0.15, 0.2) is 12.6 Å². The van der Waals surface area contributed by atoms with Crippen molar-refractivity contribution in [1.82, 2.24) is 5.32 Å². The molecule has 1 saturated heterocycles. The van der Waals surface area contributed by atoms with Crippen molar-refractivity contribution in [3.63, 3.8) is 0 Å². The topological polar surface area (TPSA) is 71.0 Å². The van der Waals surface area contributed by atoms with Crippen LogP contribution in [0.25, 0.3) is 0 Å². The average molecular weight is 249 g/mol. The minimum atomic E-state index is -1.13. The number of nitrogens with one attached hydrogen (secondary N) is 1. The first-order valence-corrected chi connectivity index (χ1v) is 6.35. The van der Waals surface area contributed by atoms with Gasteiger partial charge in [-0.1, -0.05) is 6.58 Å². The van der Waals surface area contributed by atoms with Crippen LogP contribution in [-0.4, -0.2) is 53.6 Å². The van der Waals surface area contributed by atoms with Crippen molar-refractivity contribution in [1.29, 1.82) is 0 Å². The van der Waals surface area contributed by atoms with Crippen molar-refractivity contribution >= 4 is 11.8 Å². The Hall–Kier alpha value is -0.270. The Labute approximate surface area is 99.8 Å². The second-order valence-corrected chi connectivity index (χ2v) is 4.79. The molecule has 1 rings (SSSR count). The van der Waals surface area contributed by atoms with Crippen LogP contribution in [-0.2, 0) is 9.47 Å². The SMILES string of the molecule is C=C(C)NCCSCC1OCC(O)C(O)O1. The lowest BCUT2D eigenvalue weighted by molar-refractivity contribution is -0.300. The van der Waals surface area contributed by atoms with Gasteiger partial charge in [-0.15, -0.1) is 0 Å². The molecule has 5 nitrogen and oxygen atoms in total. The maximum absolute atomic E-state index is 9.24. The highest BCUT2D eigenvalue weighted by atomic mass is 32.2. The van der Waals surface area contributed by atoms with Gasteiger partial charge in [-0.05, 0) is 6.92 Å². The molecule has 1 heterocycles. The highest BCUT2D eigenvalue weighted by Gasteiger charge is 2.28. The molecule has 0 spiro atoms. The van der Waals surface area contributed by atoms with E-state index in [2.05, 4.69) is 11.9 Å². The van der Waals surface area contributed by atoms with E-state index in [1.165, 1.54) is 0 Å². The predicted octanol–water partition coefficient (Wildman–Crippen LogP) is -0.105. The van der Waals surface area contributed by atoms with E-state index in [4.69, 9.17) is 14.6 Å². The summed E-state index contributed by atoms with van der Waals surface area (Å²) in [6.45, 7) is 6.61. The summed E-state index contributed by atoms with van der Waals surface area (Å²) in [4.78, 5) is 0. The largest absolute Gasteiger partial charge is 0.388 e. The van der Waals surface area contributed by atoms with E-state index in [9.17, 15) is 5.11 Å². The first kappa shape index (κ1) is 13.8. The molecule has 0 aliphatic carbocycles. The summed E-state index contributed by atoms with van der Waals surface area (Å²) in [6.07, 6.45) is -2.51. The van der Waals surface area contributed by atoms with E-state index in [-0.39, 0.29) is 6.61 Å². The van der Waals surface area contributed by atoms with Crippen LogP contribution < -0.4 is 5.32 Å². The number of thioether (sulfide) groups is 1. The summed E-state index contributed by atoms with van der Waals surface area (Å²) < 4.78 is 10.2. The number of aliphatic hydroxyl groups excluding tert-OH is 2. The Morgan fingerprint density at radius 2 is 2.31 bits per heavy atom. The third-order valence-corrected chi connectivity index (χ3v) is 3.00. The van der Waals surface area contributed by atoms with Crippen molar-refractivity contribution in [3.8, 4) is 0 Å². The molecule has 0 aromatic carbocycles. The maximum atomic E-state index is 9.24. The van der Waals surface area contributed by atoms with Gasteiger partial charge in [0.25, 0.3) is 0 Å². The van der Waals surface area contributed by atoms with Gasteiger partial charge >= 0.3 is 0 Å². The number of hydrogen-bond acceptors (Lipinski definition) is 6. The quantitative estimate of drug-likeness (QED) is 0.571. The van der Waals surface area contributed by atoms with Crippen molar-refractivity contribution < 1.29 is 19.7 Å². The fraction of sp³-hybridized carbons (Fsp3) is 0.800. The first-order chi connectivity index (χ1) is 7.59. The average Bonchev–Trinajstić information content (AvgIpc) is 2.22. The molecule has 16 heavy (non-hydrogen) atoms. The normalized spacial score (nSPS) is 30.1. The Morgan fingerprint density at radius 3 is 2.94 bits per heavy atom. The monoisotopic (exact) mass is 249 g/mol. The molecule has 6 heteroatoms. The van der Waals surface area contributed by atoms with Gasteiger partial charge in [0.05, 0.1) is 6.61 Å². The van der Waals surface area contributed by atoms with E-state index >= 15 is 0 Å². The number of allylic oxidation sites excluding steroid dienone is 1. The van der Waals surface area contributed by atoms with Gasteiger partial charge in [0, 0.05) is 23.7 Å². The third-order valence-electron chi connectivity index (χ3n) is 2.00. The Morgan fingerprint density at radius 1 is 1.56 bits per heavy atom. The predicted molar refractivity (Wildman–Crippen MR) is 63.0 cm³/mol. The number of rotatable bonds is 6. The lowest BCUT2D eigenvalue weighted by Gasteiger charge is -2.30. The molecule has 0 aromatic rings. The number of aliphatic hydroxyl groups is 2. The van der Waals surface area contributed by atoms with Crippen molar-refractivity contribution in [2.45, 2.75) is 25.6 Å². The summed E-state index contributed by atoms with van der Waals surface area (Å²) in [5.41, 5.74) is 0.948. The van der Waals surface area contributed by atoms with Crippen LogP contribution in [0.5, 0.6) is 0 Å². The molecule has 3 unspecified atom stereocenters. The van der Waals surface area contributed by atoms with E-state index in [0.29, 0.717) is 5.75 Å². The fourth-order valence-electron chi connectivity index (χ4n) is 1.18. The minimum Gasteiger partial charge on any atom is -0.388 e. The molecule has 94 valence electrons. The summed E-state index contributed by atoms with van der Waals surface area (Å²) in [6, 6.07) is 0. The van der Waals surface area contributed by atoms with Crippen LogP contribution in [0, 0.1) is 0 Å². The molecule has 0 bridgehead atoms. The summed E-state index contributed by atoms with van der Waals surface area (Å²) in [5, 5.41) is 21.5. The molecule has 1 aliphatic rings. The van der Waals surface area contributed by atoms with Crippen LogP contribution in [0.1, 0.15) is 6.92 Å². The van der Waals surface area contributed by atoms with E-state index < -0.39 is 18.7 Å². The van der Waals surface area contributed by atoms with Gasteiger partial charge < -0.3 is 25.0 Å². The molecule has 3 N–H and O–H groups in total. The molecule has 1 aliphatic heterocycles. The van der Waals surface area contributed by atoms with Crippen LogP contribution in [0.3, 0.4) is 0 Å². The summed E-state index contributed by atoms with van der Waals surface area (Å²) >= 11 is 1.66. The highest BCUT2D eigenvalue weighted by Crippen LogP contribution is 2.15. The van der Waals surface area contributed by atoms with Gasteiger partial charge in [0.1, 0.15) is 6.10 Å². The van der Waals surface area contributed by atoms with Crippen LogP contribution in [0.2, 0.25) is 0 Å². The van der Waals surface area contributed by atoms with Crippen molar-refractivity contribution in [3.05, 3.63) is 12.3 Å². The number of ether oxygens (including phenoxy) is 2. The first-order valence-electron chi connectivity index (χ1n) is 5.20. The van der Waals surface area contributed by atoms with E-state index in [1.807, 2.05) is 6.92 Å². The second-order valence-electron chi connectivity index (χ2n) is 3.64. The van der Waals surface area contributed by atoms with Gasteiger partial charge in [-0.2, -0.15) is 11.8 Å². The van der Waals surface area contributed by atoms with Crippen molar-refractivity contribution in [2.75, 3.05) is 24.7 Å². The van der Waals surface area contributed by atoms with Crippen LogP contribution in [0.4, 0.5) is 0 Å². The molecular weight excluding hydrogens is 230 g/mol. The zero-order chi connectivity index (χ0) is 12.0. The maximum Gasteiger partial charge on any atom is 0.186 e. The van der Waals surface area contributed by atoms with Gasteiger partial charge in [-0.25, -0.2) is 0 Å². The minimum absolute atomic E-state index is 0.121. The third kappa shape index (κ3) is 5.18. The Balaban J connectivity index is 2.03. The molecule has 3 atom stereocenters. The second kappa shape index (κ2) is 7.13. The standard InChI is InChI=1S/C10H19NO4S/c1-7(2)11-3-4-16-6-9-14-5-8(12)10(13)15-9/h8-13H,1,3-6H2,2H3. The molecule has 0 saturated carbocycles. The van der Waals surface area contributed by atoms with E-state index in [1.54, 1.807) is 11.8 Å². The molecular formula is C10H19NO4S. The molecule has 1 fully saturated rings. The zero-order valence-electron chi connectivity index (χ0n) is 9.39. The van der Waals surface area contributed by atoms with Crippen molar-refractivity contribution in [2.24, 2.45) is 0 Å². The van der Waals surface area contributed by atoms with Crippen LogP contribution >= 0.6 is 11.8 Å². The Bertz CT molecular complexity index is 227. The highest BCUT2D eigenvalue weighted by molar-refractivity contribution is 7.99. The van der Waals surface area contributed by atoms with E-state index in [0.717, 1.165) is 18.0 Å². The molecule has 0 aromatic heterocycles. The lowest BCUT2D eigenvalue weighted by atomic mass is 10.3. The molecule has 0 radical (unpaired) electrons. The summed E-state index contributed by atoms with van der Waals surface area (Å²) in [5.74, 6) is 1.55. The zero-order valence-corrected chi connectivity index (χ0v) is 10.2. The van der Waals surface area contributed by atoms with Gasteiger partial charge in [-0.3, -0.25) is 0 Å². The smallest absolute Gasteiger partial charge is 0.186 e. The lowest BCUT2D eigenvalue weighted by Crippen LogP contribution is -2.44. The Kier molecular flexibility index (Phi) is 6.15. The number of hydrogen-bond donors (Lipinski definition) is 3.